The van der Waals surface area contributed by atoms with E-state index in [4.69, 9.17) is 0 Å². The van der Waals surface area contributed by atoms with Crippen molar-refractivity contribution in [3.8, 4) is 22.5 Å². The third-order valence-corrected chi connectivity index (χ3v) is 4.91. The van der Waals surface area contributed by atoms with Gasteiger partial charge in [-0.05, 0) is 6.42 Å². The van der Waals surface area contributed by atoms with E-state index in [9.17, 15) is 9.90 Å². The zero-order valence-electron chi connectivity index (χ0n) is 13.2. The molecule has 5 heteroatoms. The standard InChI is InChI=1S/C19H18N2O2S/c1-2-15(18(22)23)24-19-20-16(13-9-5-3-6-10-13)17(21-19)14-11-7-4-8-12-14/h3-12,15H,2H2,1H3,(H,20,21)(H,22,23)/p-1/t15-/m1/s1. The lowest BCUT2D eigenvalue weighted by atomic mass is 10.1. The highest BCUT2D eigenvalue weighted by Crippen LogP contribution is 2.34. The molecule has 0 aliphatic heterocycles. The number of rotatable bonds is 6. The molecular formula is C19H17N2O2S-. The largest absolute Gasteiger partial charge is 0.549 e. The average Bonchev–Trinajstić information content (AvgIpc) is 3.05. The van der Waals surface area contributed by atoms with Gasteiger partial charge in [-0.1, -0.05) is 79.3 Å². The Morgan fingerprint density at radius 2 is 1.67 bits per heavy atom. The summed E-state index contributed by atoms with van der Waals surface area (Å²) in [5.74, 6) is -1.07. The molecule has 0 spiro atoms. The Balaban J connectivity index is 2.05. The molecule has 0 aliphatic carbocycles. The Bertz CT molecular complexity index is 759. The van der Waals surface area contributed by atoms with Crippen LogP contribution in [0.5, 0.6) is 0 Å². The summed E-state index contributed by atoms with van der Waals surface area (Å²) in [4.78, 5) is 19.1. The number of thioether (sulfide) groups is 1. The fourth-order valence-electron chi connectivity index (χ4n) is 2.46. The van der Waals surface area contributed by atoms with Crippen LogP contribution in [0.25, 0.3) is 22.5 Å². The zero-order valence-corrected chi connectivity index (χ0v) is 14.0. The summed E-state index contributed by atoms with van der Waals surface area (Å²) >= 11 is 1.19. The number of H-pyrrole nitrogens is 1. The van der Waals surface area contributed by atoms with Crippen LogP contribution in [0.3, 0.4) is 0 Å². The van der Waals surface area contributed by atoms with E-state index < -0.39 is 11.2 Å². The number of carboxylic acid groups (broad SMARTS) is 1. The number of nitrogens with zero attached hydrogens (tertiary/aromatic N) is 1. The minimum atomic E-state index is -1.07. The predicted molar refractivity (Wildman–Crippen MR) is 94.4 cm³/mol. The highest BCUT2D eigenvalue weighted by molar-refractivity contribution is 8.00. The summed E-state index contributed by atoms with van der Waals surface area (Å²) in [6.45, 7) is 1.83. The van der Waals surface area contributed by atoms with Gasteiger partial charge in [-0.3, -0.25) is 0 Å². The highest BCUT2D eigenvalue weighted by Gasteiger charge is 2.17. The van der Waals surface area contributed by atoms with Gasteiger partial charge in [-0.2, -0.15) is 0 Å². The van der Waals surface area contributed by atoms with Crippen molar-refractivity contribution in [3.63, 3.8) is 0 Å². The molecule has 0 bridgehead atoms. The lowest BCUT2D eigenvalue weighted by Gasteiger charge is -2.13. The summed E-state index contributed by atoms with van der Waals surface area (Å²) in [7, 11) is 0. The molecule has 0 amide bonds. The number of aliphatic carboxylic acids is 1. The van der Waals surface area contributed by atoms with Crippen molar-refractivity contribution in [1.29, 1.82) is 0 Å². The zero-order chi connectivity index (χ0) is 16.9. The first-order valence-corrected chi connectivity index (χ1v) is 8.65. The number of imidazole rings is 1. The molecule has 24 heavy (non-hydrogen) atoms. The fraction of sp³-hybridized carbons (Fsp3) is 0.158. The van der Waals surface area contributed by atoms with Crippen molar-refractivity contribution in [3.05, 3.63) is 60.7 Å². The number of aromatic amines is 1. The maximum atomic E-state index is 11.2. The van der Waals surface area contributed by atoms with Crippen LogP contribution >= 0.6 is 11.8 Å². The van der Waals surface area contributed by atoms with Gasteiger partial charge in [0.1, 0.15) is 0 Å². The van der Waals surface area contributed by atoms with E-state index in [1.165, 1.54) is 11.8 Å². The molecule has 2 aromatic carbocycles. The number of hydrogen-bond donors (Lipinski definition) is 1. The molecule has 0 aliphatic rings. The van der Waals surface area contributed by atoms with Gasteiger partial charge in [-0.25, -0.2) is 4.98 Å². The van der Waals surface area contributed by atoms with Crippen LogP contribution in [0.15, 0.2) is 65.8 Å². The first-order chi connectivity index (χ1) is 11.7. The SMILES string of the molecule is CC[C@@H](Sc1nc(-c2ccccc2)c(-c2ccccc2)[nH]1)C(=O)[O-]. The molecule has 0 fully saturated rings. The van der Waals surface area contributed by atoms with Gasteiger partial charge < -0.3 is 14.9 Å². The molecule has 0 unspecified atom stereocenters. The van der Waals surface area contributed by atoms with Crippen LogP contribution in [0.4, 0.5) is 0 Å². The number of carboxylic acids is 1. The molecular weight excluding hydrogens is 320 g/mol. The smallest absolute Gasteiger partial charge is 0.167 e. The van der Waals surface area contributed by atoms with Crippen molar-refractivity contribution >= 4 is 17.7 Å². The topological polar surface area (TPSA) is 68.8 Å². The van der Waals surface area contributed by atoms with E-state index in [-0.39, 0.29) is 0 Å². The van der Waals surface area contributed by atoms with E-state index >= 15 is 0 Å². The van der Waals surface area contributed by atoms with Crippen molar-refractivity contribution < 1.29 is 9.90 Å². The molecule has 1 N–H and O–H groups in total. The fourth-order valence-corrected chi connectivity index (χ4v) is 3.30. The van der Waals surface area contributed by atoms with Crippen molar-refractivity contribution in [2.24, 2.45) is 0 Å². The molecule has 3 rings (SSSR count). The summed E-state index contributed by atoms with van der Waals surface area (Å²) in [5, 5.41) is 11.2. The Labute approximate surface area is 145 Å². The maximum Gasteiger partial charge on any atom is 0.167 e. The molecule has 1 aromatic heterocycles. The van der Waals surface area contributed by atoms with Crippen LogP contribution in [0.1, 0.15) is 13.3 Å². The van der Waals surface area contributed by atoms with Crippen molar-refractivity contribution in [1.82, 2.24) is 9.97 Å². The Morgan fingerprint density at radius 1 is 1.08 bits per heavy atom. The van der Waals surface area contributed by atoms with E-state index in [2.05, 4.69) is 9.97 Å². The van der Waals surface area contributed by atoms with Gasteiger partial charge in [0.2, 0.25) is 0 Å². The molecule has 0 saturated carbocycles. The number of carbonyl (C=O) groups is 1. The van der Waals surface area contributed by atoms with E-state index in [1.54, 1.807) is 0 Å². The van der Waals surface area contributed by atoms with Gasteiger partial charge in [0.05, 0.1) is 22.6 Å². The molecule has 0 radical (unpaired) electrons. The van der Waals surface area contributed by atoms with Gasteiger partial charge >= 0.3 is 0 Å². The van der Waals surface area contributed by atoms with Crippen LogP contribution in [0, 0.1) is 0 Å². The van der Waals surface area contributed by atoms with Gasteiger partial charge in [0.15, 0.2) is 5.16 Å². The number of benzene rings is 2. The number of hydrogen-bond acceptors (Lipinski definition) is 4. The highest BCUT2D eigenvalue weighted by atomic mass is 32.2. The molecule has 1 heterocycles. The summed E-state index contributed by atoms with van der Waals surface area (Å²) < 4.78 is 0. The molecule has 4 nitrogen and oxygen atoms in total. The lowest BCUT2D eigenvalue weighted by Crippen LogP contribution is -2.33. The van der Waals surface area contributed by atoms with Gasteiger partial charge in [0, 0.05) is 11.1 Å². The van der Waals surface area contributed by atoms with Crippen LogP contribution in [-0.2, 0) is 4.79 Å². The van der Waals surface area contributed by atoms with E-state index in [0.717, 1.165) is 22.5 Å². The normalized spacial score (nSPS) is 12.0. The van der Waals surface area contributed by atoms with Gasteiger partial charge in [-0.15, -0.1) is 0 Å². The number of nitrogens with one attached hydrogen (secondary N) is 1. The second kappa shape index (κ2) is 7.36. The van der Waals surface area contributed by atoms with E-state index in [0.29, 0.717) is 11.6 Å². The number of carbonyl (C=O) groups excluding carboxylic acids is 1. The van der Waals surface area contributed by atoms with Crippen LogP contribution < -0.4 is 5.11 Å². The van der Waals surface area contributed by atoms with Crippen molar-refractivity contribution in [2.75, 3.05) is 0 Å². The first-order valence-electron chi connectivity index (χ1n) is 7.77. The Morgan fingerprint density at radius 3 is 2.21 bits per heavy atom. The maximum absolute atomic E-state index is 11.2. The molecule has 0 saturated heterocycles. The average molecular weight is 337 g/mol. The monoisotopic (exact) mass is 337 g/mol. The predicted octanol–water partition coefficient (Wildman–Crippen LogP) is 3.36. The summed E-state index contributed by atoms with van der Waals surface area (Å²) in [6, 6.07) is 19.8. The Kier molecular flexibility index (Phi) is 5.01. The summed E-state index contributed by atoms with van der Waals surface area (Å²) in [5.41, 5.74) is 3.70. The number of aromatic nitrogens is 2. The lowest BCUT2D eigenvalue weighted by molar-refractivity contribution is -0.304. The van der Waals surface area contributed by atoms with Crippen molar-refractivity contribution in [2.45, 2.75) is 23.8 Å². The third-order valence-electron chi connectivity index (χ3n) is 3.68. The minimum Gasteiger partial charge on any atom is -0.549 e. The third kappa shape index (κ3) is 3.51. The molecule has 122 valence electrons. The van der Waals surface area contributed by atoms with Crippen LogP contribution in [-0.4, -0.2) is 21.2 Å². The second-order valence-electron chi connectivity index (χ2n) is 5.33. The Hall–Kier alpha value is -2.53. The summed E-state index contributed by atoms with van der Waals surface area (Å²) in [6.07, 6.45) is 0.481. The second-order valence-corrected chi connectivity index (χ2v) is 6.52. The molecule has 1 atom stereocenters. The van der Waals surface area contributed by atoms with Gasteiger partial charge in [0.25, 0.3) is 0 Å². The van der Waals surface area contributed by atoms with Crippen LogP contribution in [0.2, 0.25) is 0 Å². The first kappa shape index (κ1) is 16.3. The van der Waals surface area contributed by atoms with E-state index in [1.807, 2.05) is 67.6 Å². The molecule has 3 aromatic rings. The quantitative estimate of drug-likeness (QED) is 0.700. The minimum absolute atomic E-state index is 0.481.